The van der Waals surface area contributed by atoms with E-state index in [1.807, 2.05) is 0 Å². The fourth-order valence-electron chi connectivity index (χ4n) is 1.90. The van der Waals surface area contributed by atoms with Crippen LogP contribution in [-0.2, 0) is 0 Å². The summed E-state index contributed by atoms with van der Waals surface area (Å²) >= 11 is 6.28. The minimum Gasteiger partial charge on any atom is -0.544 e. The van der Waals surface area contributed by atoms with Gasteiger partial charge in [0.05, 0.1) is 35.7 Å². The van der Waals surface area contributed by atoms with Crippen LogP contribution in [0, 0.1) is 0 Å². The van der Waals surface area contributed by atoms with Gasteiger partial charge in [-0.15, -0.1) is 11.3 Å². The number of carboxylic acid groups (broad SMARTS) is 1. The largest absolute Gasteiger partial charge is 0.544 e. The summed E-state index contributed by atoms with van der Waals surface area (Å²) in [6.45, 7) is 1.75. The van der Waals surface area contributed by atoms with E-state index < -0.39 is 5.97 Å². The van der Waals surface area contributed by atoms with E-state index in [-0.39, 0.29) is 9.99 Å². The molecule has 0 aliphatic carbocycles. The van der Waals surface area contributed by atoms with Crippen molar-refractivity contribution in [3.05, 3.63) is 40.1 Å². The van der Waals surface area contributed by atoms with Crippen LogP contribution in [0.4, 0.5) is 5.69 Å². The van der Waals surface area contributed by atoms with Gasteiger partial charge in [-0.2, -0.15) is 5.10 Å². The number of hydrazone groups is 1. The first kappa shape index (κ1) is 18.7. The zero-order valence-electron chi connectivity index (χ0n) is 13.8. The molecule has 25 heavy (non-hydrogen) atoms. The molecule has 0 atom stereocenters. The molecule has 0 aliphatic heterocycles. The van der Waals surface area contributed by atoms with Crippen molar-refractivity contribution in [2.45, 2.75) is 6.92 Å². The number of carbonyl (C=O) groups excluding carboxylic acids is 1. The molecule has 0 amide bonds. The first-order valence-corrected chi connectivity index (χ1v) is 8.32. The van der Waals surface area contributed by atoms with Crippen LogP contribution in [0.25, 0.3) is 0 Å². The Bertz CT molecular complexity index is 817. The number of anilines is 1. The number of rotatable bonds is 6. The molecule has 2 rings (SSSR count). The fraction of sp³-hybridized carbons (Fsp3) is 0.188. The topological polar surface area (TPSA) is 95.0 Å². The van der Waals surface area contributed by atoms with Gasteiger partial charge in [0.25, 0.3) is 0 Å². The zero-order valence-corrected chi connectivity index (χ0v) is 15.4. The quantitative estimate of drug-likeness (QED) is 0.450. The Kier molecular flexibility index (Phi) is 6.31. The first-order valence-electron chi connectivity index (χ1n) is 7.09. The van der Waals surface area contributed by atoms with Crippen LogP contribution in [-0.4, -0.2) is 31.0 Å². The fourth-order valence-corrected chi connectivity index (χ4v) is 2.85. The molecule has 0 bridgehead atoms. The predicted molar refractivity (Wildman–Crippen MR) is 99.8 cm³/mol. The number of benzene rings is 1. The van der Waals surface area contributed by atoms with Crippen molar-refractivity contribution in [1.82, 2.24) is 5.43 Å². The summed E-state index contributed by atoms with van der Waals surface area (Å²) in [6.07, 6.45) is 0. The number of nitrogens with one attached hydrogen (secondary N) is 2. The van der Waals surface area contributed by atoms with Crippen molar-refractivity contribution in [3.8, 4) is 11.5 Å². The van der Waals surface area contributed by atoms with Crippen LogP contribution in [0.15, 0.2) is 35.4 Å². The van der Waals surface area contributed by atoms with Crippen LogP contribution in [0.5, 0.6) is 11.5 Å². The standard InChI is InChI=1S/C16H17N3O4S2/c1-9(13-6-7-14(25-13)15(20)21)18-19-16(24)17-10-4-5-11(22-2)12(8-10)23-3/h4-8H,1-3H3,(H,20,21)(H2,17,19,24)/p-1/b18-9-. The number of nitrogens with zero attached hydrogens (tertiary/aromatic N) is 1. The van der Waals surface area contributed by atoms with Crippen molar-refractivity contribution >= 4 is 46.0 Å². The van der Waals surface area contributed by atoms with E-state index in [1.165, 1.54) is 6.07 Å². The maximum atomic E-state index is 10.8. The highest BCUT2D eigenvalue weighted by Crippen LogP contribution is 2.29. The SMILES string of the molecule is COc1ccc(NC(=S)N/N=C(/C)c2ccc(C(=O)[O-])s2)cc1OC. The maximum Gasteiger partial charge on any atom is 0.191 e. The summed E-state index contributed by atoms with van der Waals surface area (Å²) in [5.41, 5.74) is 4.03. The van der Waals surface area contributed by atoms with Gasteiger partial charge in [-0.3, -0.25) is 5.43 Å². The Hall–Kier alpha value is -2.65. The lowest BCUT2D eigenvalue weighted by Crippen LogP contribution is -2.24. The van der Waals surface area contributed by atoms with E-state index in [9.17, 15) is 9.90 Å². The predicted octanol–water partition coefficient (Wildman–Crippen LogP) is 1.84. The Balaban J connectivity index is 2.00. The van der Waals surface area contributed by atoms with Gasteiger partial charge in [0, 0.05) is 11.8 Å². The third kappa shape index (κ3) is 4.91. The highest BCUT2D eigenvalue weighted by atomic mass is 32.1. The smallest absolute Gasteiger partial charge is 0.191 e. The summed E-state index contributed by atoms with van der Waals surface area (Å²) < 4.78 is 10.4. The van der Waals surface area contributed by atoms with E-state index in [0.717, 1.165) is 11.3 Å². The van der Waals surface area contributed by atoms with Crippen molar-refractivity contribution in [1.29, 1.82) is 0 Å². The van der Waals surface area contributed by atoms with Crippen molar-refractivity contribution in [2.75, 3.05) is 19.5 Å². The molecule has 2 N–H and O–H groups in total. The Morgan fingerprint density at radius 3 is 2.44 bits per heavy atom. The second-order valence-electron chi connectivity index (χ2n) is 4.78. The first-order chi connectivity index (χ1) is 11.9. The second-order valence-corrected chi connectivity index (χ2v) is 6.28. The van der Waals surface area contributed by atoms with Gasteiger partial charge < -0.3 is 24.7 Å². The van der Waals surface area contributed by atoms with Gasteiger partial charge >= 0.3 is 0 Å². The van der Waals surface area contributed by atoms with E-state index >= 15 is 0 Å². The molecule has 0 spiro atoms. The molecule has 1 aromatic heterocycles. The number of thiocarbonyl (C=S) groups is 1. The molecule has 0 radical (unpaired) electrons. The highest BCUT2D eigenvalue weighted by molar-refractivity contribution is 7.80. The van der Waals surface area contributed by atoms with E-state index in [1.54, 1.807) is 45.4 Å². The lowest BCUT2D eigenvalue weighted by atomic mass is 10.3. The summed E-state index contributed by atoms with van der Waals surface area (Å²) in [6, 6.07) is 8.44. The molecule has 0 saturated carbocycles. The van der Waals surface area contributed by atoms with Crippen LogP contribution in [0.2, 0.25) is 0 Å². The number of thiophene rings is 1. The van der Waals surface area contributed by atoms with Gasteiger partial charge in [-0.05, 0) is 43.4 Å². The molecule has 0 aliphatic rings. The van der Waals surface area contributed by atoms with Gasteiger partial charge in [0.1, 0.15) is 0 Å². The number of ether oxygens (including phenoxy) is 2. The maximum absolute atomic E-state index is 10.8. The number of carbonyl (C=O) groups is 1. The van der Waals surface area contributed by atoms with E-state index in [0.29, 0.717) is 27.8 Å². The zero-order chi connectivity index (χ0) is 18.4. The number of hydrogen-bond donors (Lipinski definition) is 2. The van der Waals surface area contributed by atoms with Crippen LogP contribution < -0.4 is 25.3 Å². The van der Waals surface area contributed by atoms with Gasteiger partial charge in [0.2, 0.25) is 0 Å². The number of methoxy groups -OCH3 is 2. The molecule has 2 aromatic rings. The second kappa shape index (κ2) is 8.45. The lowest BCUT2D eigenvalue weighted by molar-refractivity contribution is -0.254. The van der Waals surface area contributed by atoms with Gasteiger partial charge in [-0.1, -0.05) is 0 Å². The Morgan fingerprint density at radius 1 is 1.16 bits per heavy atom. The Morgan fingerprint density at radius 2 is 1.84 bits per heavy atom. The molecule has 7 nitrogen and oxygen atoms in total. The van der Waals surface area contributed by atoms with Crippen LogP contribution in [0.3, 0.4) is 0 Å². The van der Waals surface area contributed by atoms with Gasteiger partial charge in [0.15, 0.2) is 16.6 Å². The summed E-state index contributed by atoms with van der Waals surface area (Å²) in [4.78, 5) is 11.7. The van der Waals surface area contributed by atoms with Crippen molar-refractivity contribution in [2.24, 2.45) is 5.10 Å². The molecule has 9 heteroatoms. The summed E-state index contributed by atoms with van der Waals surface area (Å²) in [5.74, 6) is -0.0201. The number of hydrogen-bond acceptors (Lipinski definition) is 7. The summed E-state index contributed by atoms with van der Waals surface area (Å²) in [7, 11) is 3.11. The van der Waals surface area contributed by atoms with Crippen molar-refractivity contribution < 1.29 is 19.4 Å². The highest BCUT2D eigenvalue weighted by Gasteiger charge is 2.07. The minimum atomic E-state index is -1.21. The molecule has 0 unspecified atom stereocenters. The normalized spacial score (nSPS) is 10.9. The molecule has 1 heterocycles. The average molecular weight is 378 g/mol. The molecule has 132 valence electrons. The van der Waals surface area contributed by atoms with Crippen LogP contribution in [0.1, 0.15) is 21.5 Å². The monoisotopic (exact) mass is 378 g/mol. The molecule has 0 saturated heterocycles. The molecular formula is C16H16N3O4S2-. The third-order valence-corrected chi connectivity index (χ3v) is 4.50. The Labute approximate surface area is 154 Å². The summed E-state index contributed by atoms with van der Waals surface area (Å²) in [5, 5.41) is 18.2. The molecular weight excluding hydrogens is 362 g/mol. The number of carboxylic acids is 1. The number of aromatic carboxylic acids is 1. The minimum absolute atomic E-state index is 0.149. The molecule has 0 fully saturated rings. The van der Waals surface area contributed by atoms with E-state index in [4.69, 9.17) is 21.7 Å². The van der Waals surface area contributed by atoms with Crippen LogP contribution >= 0.6 is 23.6 Å². The third-order valence-electron chi connectivity index (χ3n) is 3.13. The van der Waals surface area contributed by atoms with E-state index in [2.05, 4.69) is 15.8 Å². The average Bonchev–Trinajstić information content (AvgIpc) is 3.10. The van der Waals surface area contributed by atoms with Gasteiger partial charge in [-0.25, -0.2) is 0 Å². The lowest BCUT2D eigenvalue weighted by Gasteiger charge is -2.11. The van der Waals surface area contributed by atoms with Crippen molar-refractivity contribution in [3.63, 3.8) is 0 Å². The molecule has 1 aromatic carbocycles.